The number of aryl methyl sites for hydroxylation is 2. The van der Waals surface area contributed by atoms with Gasteiger partial charge in [-0.1, -0.05) is 20.8 Å². The van der Waals surface area contributed by atoms with Gasteiger partial charge in [0.05, 0.1) is 0 Å². The zero-order valence-electron chi connectivity index (χ0n) is 9.39. The molecule has 0 unspecified atom stereocenters. The number of aromatic nitrogens is 2. The van der Waals surface area contributed by atoms with E-state index in [1.807, 2.05) is 20.8 Å². The number of pyridine rings is 1. The number of nitrogens with zero attached hydrogens (tertiary/aromatic N) is 1. The summed E-state index contributed by atoms with van der Waals surface area (Å²) in [5.41, 5.74) is 3.32. The highest BCUT2D eigenvalue weighted by Gasteiger charge is 1.98. The molecule has 0 aliphatic heterocycles. The molecule has 0 saturated heterocycles. The van der Waals surface area contributed by atoms with Crippen LogP contribution < -0.4 is 0 Å². The van der Waals surface area contributed by atoms with Gasteiger partial charge in [-0.05, 0) is 31.5 Å². The van der Waals surface area contributed by atoms with Gasteiger partial charge < -0.3 is 4.98 Å². The van der Waals surface area contributed by atoms with Gasteiger partial charge in [0.2, 0.25) is 0 Å². The first-order valence-corrected chi connectivity index (χ1v) is 5.25. The highest BCUT2D eigenvalue weighted by Crippen LogP contribution is 2.13. The molecule has 0 aliphatic carbocycles. The van der Waals surface area contributed by atoms with Gasteiger partial charge in [-0.25, -0.2) is 4.98 Å². The summed E-state index contributed by atoms with van der Waals surface area (Å²) in [6.07, 6.45) is 0.994. The second kappa shape index (κ2) is 4.80. The molecular weight excluding hydrogens is 172 g/mol. The quantitative estimate of drug-likeness (QED) is 0.733. The van der Waals surface area contributed by atoms with Gasteiger partial charge >= 0.3 is 0 Å². The molecule has 2 nitrogen and oxygen atoms in total. The molecular formula is C12H20N2. The number of nitrogens with one attached hydrogen (secondary N) is 1. The minimum Gasteiger partial charge on any atom is -0.344 e. The summed E-state index contributed by atoms with van der Waals surface area (Å²) in [4.78, 5) is 7.68. The van der Waals surface area contributed by atoms with E-state index in [-0.39, 0.29) is 1.43 Å². The number of hydrogen-bond acceptors (Lipinski definition) is 1. The van der Waals surface area contributed by atoms with Crippen molar-refractivity contribution in [1.82, 2.24) is 9.97 Å². The average Bonchev–Trinajstić information content (AvgIpc) is 2.59. The van der Waals surface area contributed by atoms with Crippen LogP contribution in [0.25, 0.3) is 11.0 Å². The smallest absolute Gasteiger partial charge is 0.137 e. The van der Waals surface area contributed by atoms with E-state index in [0.29, 0.717) is 0 Å². The predicted octanol–water partition coefficient (Wildman–Crippen LogP) is 3.71. The second-order valence-corrected chi connectivity index (χ2v) is 3.05. The summed E-state index contributed by atoms with van der Waals surface area (Å²) >= 11 is 0. The van der Waals surface area contributed by atoms with E-state index in [2.05, 4.69) is 35.1 Å². The first kappa shape index (κ1) is 10.8. The van der Waals surface area contributed by atoms with Crippen LogP contribution in [-0.4, -0.2) is 9.97 Å². The maximum atomic E-state index is 4.46. The lowest BCUT2D eigenvalue weighted by molar-refractivity contribution is 1.05. The molecule has 2 aromatic rings. The Labute approximate surface area is 86.9 Å². The summed E-state index contributed by atoms with van der Waals surface area (Å²) in [5, 5.41) is 1.20. The largest absolute Gasteiger partial charge is 0.344 e. The second-order valence-electron chi connectivity index (χ2n) is 3.05. The summed E-state index contributed by atoms with van der Waals surface area (Å²) in [6, 6.07) is 6.31. The molecule has 2 heterocycles. The Morgan fingerprint density at radius 1 is 1.36 bits per heavy atom. The normalized spacial score (nSPS) is 9.71. The zero-order chi connectivity index (χ0) is 10.6. The van der Waals surface area contributed by atoms with Gasteiger partial charge in [-0.3, -0.25) is 0 Å². The van der Waals surface area contributed by atoms with Crippen LogP contribution in [0.15, 0.2) is 18.2 Å². The third kappa shape index (κ3) is 2.13. The van der Waals surface area contributed by atoms with E-state index in [4.69, 9.17) is 0 Å². The molecule has 2 aromatic heterocycles. The van der Waals surface area contributed by atoms with E-state index < -0.39 is 0 Å². The minimum atomic E-state index is 0. The van der Waals surface area contributed by atoms with Crippen LogP contribution in [0.1, 0.15) is 33.6 Å². The Kier molecular flexibility index (Phi) is 3.69. The van der Waals surface area contributed by atoms with Crippen LogP contribution in [0.5, 0.6) is 0 Å². The molecule has 78 valence electrons. The summed E-state index contributed by atoms with van der Waals surface area (Å²) in [5.74, 6) is 0. The Morgan fingerprint density at radius 3 is 2.71 bits per heavy atom. The van der Waals surface area contributed by atoms with E-state index in [0.717, 1.165) is 17.8 Å². The highest BCUT2D eigenvalue weighted by molar-refractivity contribution is 5.76. The molecule has 0 bridgehead atoms. The van der Waals surface area contributed by atoms with E-state index in [9.17, 15) is 0 Å². The number of aromatic amines is 1. The summed E-state index contributed by atoms with van der Waals surface area (Å²) in [6.45, 7) is 8.16. The molecule has 0 amide bonds. The molecule has 0 saturated carbocycles. The number of hydrogen-bond donors (Lipinski definition) is 1. The third-order valence-electron chi connectivity index (χ3n) is 2.03. The lowest BCUT2D eigenvalue weighted by Gasteiger charge is -1.93. The van der Waals surface area contributed by atoms with Gasteiger partial charge in [0.1, 0.15) is 5.65 Å². The van der Waals surface area contributed by atoms with Gasteiger partial charge in [-0.2, -0.15) is 0 Å². The van der Waals surface area contributed by atoms with Crippen LogP contribution in [0.2, 0.25) is 0 Å². The van der Waals surface area contributed by atoms with Gasteiger partial charge in [0, 0.05) is 18.2 Å². The maximum absolute atomic E-state index is 4.46. The van der Waals surface area contributed by atoms with E-state index in [1.165, 1.54) is 11.1 Å². The Hall–Kier alpha value is -1.31. The molecule has 0 aromatic carbocycles. The molecule has 0 radical (unpaired) electrons. The Morgan fingerprint density at radius 2 is 2.07 bits per heavy atom. The molecule has 1 N–H and O–H groups in total. The first-order chi connectivity index (χ1) is 6.79. The summed E-state index contributed by atoms with van der Waals surface area (Å²) < 4.78 is 0. The monoisotopic (exact) mass is 192 g/mol. The molecule has 0 atom stereocenters. The number of H-pyrrole nitrogens is 1. The topological polar surface area (TPSA) is 28.7 Å². The number of fused-ring (bicyclic) bond motifs is 1. The molecule has 2 rings (SSSR count). The lowest BCUT2D eigenvalue weighted by Crippen LogP contribution is -1.85. The highest BCUT2D eigenvalue weighted by atomic mass is 14.9. The van der Waals surface area contributed by atoms with Crippen LogP contribution in [0, 0.1) is 6.92 Å². The minimum absolute atomic E-state index is 0. The van der Waals surface area contributed by atoms with Crippen molar-refractivity contribution >= 4 is 11.0 Å². The first-order valence-electron chi connectivity index (χ1n) is 5.25. The predicted molar refractivity (Wildman–Crippen MR) is 63.7 cm³/mol. The van der Waals surface area contributed by atoms with Crippen molar-refractivity contribution < 1.29 is 1.43 Å². The standard InChI is InChI=1S/C10H12N2.C2H6.H2/c1-3-9-5-4-8-6-7(2)11-10(8)12-9;1-2;/h4-6H,3H2,1-2H3,(H,11,12);1-2H3;1H. The fourth-order valence-electron chi connectivity index (χ4n) is 1.38. The molecule has 2 heteroatoms. The van der Waals surface area contributed by atoms with Crippen molar-refractivity contribution in [1.29, 1.82) is 0 Å². The van der Waals surface area contributed by atoms with E-state index in [1.54, 1.807) is 0 Å². The van der Waals surface area contributed by atoms with E-state index >= 15 is 0 Å². The lowest BCUT2D eigenvalue weighted by atomic mass is 10.2. The fraction of sp³-hybridized carbons (Fsp3) is 0.417. The van der Waals surface area contributed by atoms with Gasteiger partial charge in [0.15, 0.2) is 0 Å². The van der Waals surface area contributed by atoms with Crippen molar-refractivity contribution in [3.8, 4) is 0 Å². The van der Waals surface area contributed by atoms with Gasteiger partial charge in [0.25, 0.3) is 0 Å². The van der Waals surface area contributed by atoms with Crippen molar-refractivity contribution in [2.24, 2.45) is 0 Å². The van der Waals surface area contributed by atoms with Crippen LogP contribution >= 0.6 is 0 Å². The SMILES string of the molecule is CC.CCc1ccc2cc(C)[nH]c2n1.[HH]. The third-order valence-corrected chi connectivity index (χ3v) is 2.03. The van der Waals surface area contributed by atoms with Crippen molar-refractivity contribution in [3.63, 3.8) is 0 Å². The molecule has 0 aliphatic rings. The van der Waals surface area contributed by atoms with Gasteiger partial charge in [-0.15, -0.1) is 0 Å². The van der Waals surface area contributed by atoms with Crippen molar-refractivity contribution in [2.45, 2.75) is 34.1 Å². The van der Waals surface area contributed by atoms with Crippen molar-refractivity contribution in [2.75, 3.05) is 0 Å². The Balaban J connectivity index is 0.000000617. The van der Waals surface area contributed by atoms with Crippen molar-refractivity contribution in [3.05, 3.63) is 29.6 Å². The average molecular weight is 192 g/mol. The Bertz CT molecular complexity index is 407. The van der Waals surface area contributed by atoms with Crippen LogP contribution in [0.4, 0.5) is 0 Å². The number of rotatable bonds is 1. The molecule has 0 spiro atoms. The molecule has 14 heavy (non-hydrogen) atoms. The summed E-state index contributed by atoms with van der Waals surface area (Å²) in [7, 11) is 0. The van der Waals surface area contributed by atoms with Crippen LogP contribution in [0.3, 0.4) is 0 Å². The zero-order valence-corrected chi connectivity index (χ0v) is 9.39. The molecule has 0 fully saturated rings. The maximum Gasteiger partial charge on any atom is 0.137 e. The van der Waals surface area contributed by atoms with Crippen LogP contribution in [-0.2, 0) is 6.42 Å². The fourth-order valence-corrected chi connectivity index (χ4v) is 1.38.